The summed E-state index contributed by atoms with van der Waals surface area (Å²) in [6.45, 7) is 3.79. The second kappa shape index (κ2) is 4.94. The van der Waals surface area contributed by atoms with Crippen LogP contribution in [0.2, 0.25) is 0 Å². The zero-order valence-corrected chi connectivity index (χ0v) is 11.4. The molecular weight excluding hydrogens is 244 g/mol. The van der Waals surface area contributed by atoms with Crippen molar-refractivity contribution in [3.8, 4) is 0 Å². The number of rotatable bonds is 3. The van der Waals surface area contributed by atoms with Gasteiger partial charge in [0.1, 0.15) is 0 Å². The number of hydrogen-bond donors (Lipinski definition) is 0. The van der Waals surface area contributed by atoms with Crippen molar-refractivity contribution in [1.82, 2.24) is 0 Å². The molecule has 0 atom stereocenters. The van der Waals surface area contributed by atoms with Gasteiger partial charge in [0.15, 0.2) is 0 Å². The third-order valence-corrected chi connectivity index (χ3v) is 5.04. The van der Waals surface area contributed by atoms with Crippen molar-refractivity contribution in [2.75, 3.05) is 0 Å². The SMILES string of the molecule is CCc1ccccc1S(=O)(=O)c1ccccc1C. The van der Waals surface area contributed by atoms with E-state index >= 15 is 0 Å². The molecule has 18 heavy (non-hydrogen) atoms. The zero-order chi connectivity index (χ0) is 13.2. The van der Waals surface area contributed by atoms with Gasteiger partial charge in [-0.3, -0.25) is 0 Å². The maximum Gasteiger partial charge on any atom is 0.207 e. The van der Waals surface area contributed by atoms with E-state index in [-0.39, 0.29) is 0 Å². The standard InChI is InChI=1S/C15H16O2S/c1-3-13-9-5-7-11-15(13)18(16,17)14-10-6-4-8-12(14)2/h4-11H,3H2,1-2H3. The Morgan fingerprint density at radius 3 is 2.06 bits per heavy atom. The summed E-state index contributed by atoms with van der Waals surface area (Å²) in [6.07, 6.45) is 0.710. The second-order valence-corrected chi connectivity index (χ2v) is 6.12. The Morgan fingerprint density at radius 2 is 1.44 bits per heavy atom. The Balaban J connectivity index is 2.66. The third kappa shape index (κ3) is 2.18. The van der Waals surface area contributed by atoms with E-state index in [1.165, 1.54) is 0 Å². The molecule has 0 aliphatic heterocycles. The quantitative estimate of drug-likeness (QED) is 0.847. The summed E-state index contributed by atoms with van der Waals surface area (Å²) < 4.78 is 25.3. The molecule has 2 nitrogen and oxygen atoms in total. The van der Waals surface area contributed by atoms with E-state index in [0.29, 0.717) is 16.2 Å². The Labute approximate surface area is 108 Å². The molecule has 0 saturated heterocycles. The molecule has 2 aromatic carbocycles. The molecule has 0 aliphatic rings. The topological polar surface area (TPSA) is 34.1 Å². The lowest BCUT2D eigenvalue weighted by molar-refractivity contribution is 0.594. The van der Waals surface area contributed by atoms with Crippen LogP contribution in [-0.2, 0) is 16.3 Å². The first-order chi connectivity index (χ1) is 8.57. The fourth-order valence-corrected chi connectivity index (χ4v) is 3.84. The summed E-state index contributed by atoms with van der Waals surface area (Å²) in [4.78, 5) is 0.813. The van der Waals surface area contributed by atoms with Crippen molar-refractivity contribution in [3.63, 3.8) is 0 Å². The van der Waals surface area contributed by atoms with Crippen molar-refractivity contribution >= 4 is 9.84 Å². The third-order valence-electron chi connectivity index (χ3n) is 3.03. The van der Waals surface area contributed by atoms with Crippen LogP contribution in [0.25, 0.3) is 0 Å². The molecule has 0 radical (unpaired) electrons. The van der Waals surface area contributed by atoms with Gasteiger partial charge in [0, 0.05) is 0 Å². The minimum absolute atomic E-state index is 0.394. The highest BCUT2D eigenvalue weighted by atomic mass is 32.2. The number of hydrogen-bond acceptors (Lipinski definition) is 2. The van der Waals surface area contributed by atoms with Crippen molar-refractivity contribution in [2.24, 2.45) is 0 Å². The van der Waals surface area contributed by atoms with Crippen molar-refractivity contribution in [2.45, 2.75) is 30.1 Å². The average molecular weight is 260 g/mol. The van der Waals surface area contributed by atoms with Gasteiger partial charge in [-0.1, -0.05) is 43.3 Å². The van der Waals surface area contributed by atoms with Crippen LogP contribution in [0.1, 0.15) is 18.1 Å². The first-order valence-corrected chi connectivity index (χ1v) is 7.44. The molecule has 2 aromatic rings. The Morgan fingerprint density at radius 1 is 0.889 bits per heavy atom. The van der Waals surface area contributed by atoms with E-state index in [9.17, 15) is 8.42 Å². The lowest BCUT2D eigenvalue weighted by Crippen LogP contribution is -2.06. The summed E-state index contributed by atoms with van der Waals surface area (Å²) in [5.74, 6) is 0. The minimum Gasteiger partial charge on any atom is -0.218 e. The lowest BCUT2D eigenvalue weighted by Gasteiger charge is -2.11. The van der Waals surface area contributed by atoms with E-state index in [1.54, 1.807) is 24.3 Å². The number of aryl methyl sites for hydroxylation is 2. The maximum absolute atomic E-state index is 12.6. The molecule has 0 amide bonds. The van der Waals surface area contributed by atoms with Gasteiger partial charge < -0.3 is 0 Å². The summed E-state index contributed by atoms with van der Waals surface area (Å²) in [7, 11) is -3.41. The molecule has 0 aliphatic carbocycles. The molecular formula is C15H16O2S. The van der Waals surface area contributed by atoms with Crippen molar-refractivity contribution in [3.05, 3.63) is 59.7 Å². The predicted octanol–water partition coefficient (Wildman–Crippen LogP) is 3.39. The van der Waals surface area contributed by atoms with Crippen molar-refractivity contribution < 1.29 is 8.42 Å². The van der Waals surface area contributed by atoms with E-state index in [2.05, 4.69) is 0 Å². The van der Waals surface area contributed by atoms with E-state index < -0.39 is 9.84 Å². The number of benzene rings is 2. The smallest absolute Gasteiger partial charge is 0.207 e. The van der Waals surface area contributed by atoms with Gasteiger partial charge in [0.25, 0.3) is 0 Å². The van der Waals surface area contributed by atoms with Gasteiger partial charge in [0.2, 0.25) is 9.84 Å². The van der Waals surface area contributed by atoms with Crippen LogP contribution in [0.4, 0.5) is 0 Å². The number of sulfone groups is 1. The average Bonchev–Trinajstić information content (AvgIpc) is 2.39. The molecule has 0 bridgehead atoms. The molecule has 0 unspecified atom stereocenters. The molecule has 0 fully saturated rings. The molecule has 0 saturated carbocycles. The summed E-state index contributed by atoms with van der Waals surface area (Å²) in [5.41, 5.74) is 1.64. The van der Waals surface area contributed by atoms with Crippen molar-refractivity contribution in [1.29, 1.82) is 0 Å². The first kappa shape index (κ1) is 12.8. The molecule has 3 heteroatoms. The van der Waals surface area contributed by atoms with Gasteiger partial charge in [-0.25, -0.2) is 8.42 Å². The normalized spacial score (nSPS) is 11.4. The van der Waals surface area contributed by atoms with E-state index in [4.69, 9.17) is 0 Å². The van der Waals surface area contributed by atoms with E-state index in [1.807, 2.05) is 38.1 Å². The van der Waals surface area contributed by atoms with Gasteiger partial charge in [0.05, 0.1) is 9.79 Å². The maximum atomic E-state index is 12.6. The van der Waals surface area contributed by atoms with Crippen LogP contribution in [0, 0.1) is 6.92 Å². The molecule has 0 heterocycles. The summed E-state index contributed by atoms with van der Waals surface area (Å²) in [5, 5.41) is 0. The molecule has 2 rings (SSSR count). The van der Waals surface area contributed by atoms with Gasteiger partial charge in [-0.05, 0) is 36.6 Å². The highest BCUT2D eigenvalue weighted by Gasteiger charge is 2.21. The van der Waals surface area contributed by atoms with Crippen LogP contribution < -0.4 is 0 Å². The van der Waals surface area contributed by atoms with Gasteiger partial charge >= 0.3 is 0 Å². The molecule has 0 aromatic heterocycles. The summed E-state index contributed by atoms with van der Waals surface area (Å²) in [6, 6.07) is 14.3. The largest absolute Gasteiger partial charge is 0.218 e. The van der Waals surface area contributed by atoms with Crippen LogP contribution in [0.3, 0.4) is 0 Å². The fourth-order valence-electron chi connectivity index (χ4n) is 2.03. The Hall–Kier alpha value is -1.61. The fraction of sp³-hybridized carbons (Fsp3) is 0.200. The first-order valence-electron chi connectivity index (χ1n) is 5.96. The Bertz CT molecular complexity index is 658. The van der Waals surface area contributed by atoms with Crippen LogP contribution in [-0.4, -0.2) is 8.42 Å². The van der Waals surface area contributed by atoms with Crippen LogP contribution in [0.5, 0.6) is 0 Å². The lowest BCUT2D eigenvalue weighted by atomic mass is 10.2. The molecule has 94 valence electrons. The second-order valence-electron chi connectivity index (χ2n) is 4.23. The monoisotopic (exact) mass is 260 g/mol. The van der Waals surface area contributed by atoms with Gasteiger partial charge in [-0.2, -0.15) is 0 Å². The van der Waals surface area contributed by atoms with Gasteiger partial charge in [-0.15, -0.1) is 0 Å². The van der Waals surface area contributed by atoms with Crippen LogP contribution in [0.15, 0.2) is 58.3 Å². The molecule has 0 N–H and O–H groups in total. The highest BCUT2D eigenvalue weighted by molar-refractivity contribution is 7.91. The molecule has 0 spiro atoms. The Kier molecular flexibility index (Phi) is 3.53. The van der Waals surface area contributed by atoms with E-state index in [0.717, 1.165) is 11.1 Å². The summed E-state index contributed by atoms with van der Waals surface area (Å²) >= 11 is 0. The van der Waals surface area contributed by atoms with Crippen LogP contribution >= 0.6 is 0 Å². The minimum atomic E-state index is -3.41. The zero-order valence-electron chi connectivity index (χ0n) is 10.6. The predicted molar refractivity (Wildman–Crippen MR) is 72.5 cm³/mol. The highest BCUT2D eigenvalue weighted by Crippen LogP contribution is 2.26.